The lowest BCUT2D eigenvalue weighted by molar-refractivity contribution is -0.145. The molecule has 1 aromatic heterocycles. The van der Waals surface area contributed by atoms with Crippen LogP contribution in [0.1, 0.15) is 70.6 Å². The molecule has 5 aliphatic rings. The maximum Gasteiger partial charge on any atom is 0.259 e. The number of piperidine rings is 1. The Morgan fingerprint density at radius 1 is 0.946 bits per heavy atom. The van der Waals surface area contributed by atoms with Crippen LogP contribution in [0.3, 0.4) is 0 Å². The van der Waals surface area contributed by atoms with Gasteiger partial charge in [0.25, 0.3) is 5.91 Å². The first kappa shape index (κ1) is 37.9. The minimum atomic E-state index is -4.00. The molecule has 3 aliphatic heterocycles. The van der Waals surface area contributed by atoms with Crippen LogP contribution in [0, 0.1) is 5.92 Å². The maximum atomic E-state index is 14.9. The van der Waals surface area contributed by atoms with Gasteiger partial charge in [-0.05, 0) is 63.5 Å². The largest absolute Gasteiger partial charge is 0.497 e. The molecule has 8 rings (SSSR count). The van der Waals surface area contributed by atoms with Crippen molar-refractivity contribution in [2.75, 3.05) is 26.7 Å². The van der Waals surface area contributed by atoms with Gasteiger partial charge in [-0.2, -0.15) is 0 Å². The van der Waals surface area contributed by atoms with Crippen LogP contribution >= 0.6 is 0 Å². The number of likely N-dealkylation sites (tertiary alicyclic amines) is 1. The Balaban J connectivity index is 1.17. The lowest BCUT2D eigenvalue weighted by Gasteiger charge is -2.33. The molecule has 2 aliphatic carbocycles. The van der Waals surface area contributed by atoms with Gasteiger partial charge in [0, 0.05) is 54.9 Å². The van der Waals surface area contributed by atoms with Crippen LogP contribution in [0.25, 0.3) is 22.2 Å². The highest BCUT2D eigenvalue weighted by Crippen LogP contribution is 2.44. The van der Waals surface area contributed by atoms with E-state index in [1.54, 1.807) is 18.1 Å². The van der Waals surface area contributed by atoms with Gasteiger partial charge in [0.1, 0.15) is 29.7 Å². The van der Waals surface area contributed by atoms with Gasteiger partial charge < -0.3 is 24.6 Å². The second-order valence-corrected chi connectivity index (χ2v) is 17.8. The van der Waals surface area contributed by atoms with E-state index in [0.717, 1.165) is 29.1 Å². The van der Waals surface area contributed by atoms with Crippen molar-refractivity contribution in [3.8, 4) is 22.8 Å². The number of sulfonamides is 1. The zero-order valence-corrected chi connectivity index (χ0v) is 32.5. The van der Waals surface area contributed by atoms with Crippen LogP contribution in [-0.4, -0.2) is 107 Å². The molecule has 296 valence electrons. The summed E-state index contributed by atoms with van der Waals surface area (Å²) in [6.45, 7) is 1.09. The third-order valence-corrected chi connectivity index (χ3v) is 13.9. The van der Waals surface area contributed by atoms with Crippen LogP contribution in [0.4, 0.5) is 0 Å². The van der Waals surface area contributed by atoms with Gasteiger partial charge in [0.15, 0.2) is 0 Å². The number of allylic oxidation sites excluding steroid dienone is 1. The summed E-state index contributed by atoms with van der Waals surface area (Å²) >= 11 is 0. The van der Waals surface area contributed by atoms with Crippen LogP contribution in [0.15, 0.2) is 66.7 Å². The van der Waals surface area contributed by atoms with Crippen LogP contribution in [-0.2, 0) is 29.2 Å². The fourth-order valence-corrected chi connectivity index (χ4v) is 10.3. The second kappa shape index (κ2) is 15.9. The molecule has 3 aromatic rings. The van der Waals surface area contributed by atoms with Crippen molar-refractivity contribution < 1.29 is 37.1 Å². The van der Waals surface area contributed by atoms with E-state index in [0.29, 0.717) is 73.3 Å². The molecular weight excluding hydrogens is 735 g/mol. The number of nitrogens with one attached hydrogen (secondary N) is 1. The van der Waals surface area contributed by atoms with Crippen LogP contribution in [0.2, 0.25) is 0 Å². The van der Waals surface area contributed by atoms with E-state index in [1.807, 2.05) is 60.7 Å². The lowest BCUT2D eigenvalue weighted by atomic mass is 10.1. The molecule has 4 fully saturated rings. The van der Waals surface area contributed by atoms with E-state index in [1.165, 1.54) is 4.90 Å². The van der Waals surface area contributed by atoms with Gasteiger partial charge in [-0.15, -0.1) is 0 Å². The Morgan fingerprint density at radius 2 is 1.73 bits per heavy atom. The standard InChI is InChI=1S/C42H49N5O8S/c1-54-29-15-18-32-34(22-29)43-33(27-11-5-2-6-12-27)24-38(32)55-30-23-37-42(51)47(56(52,53)31-16-17-31)36-21-28(36)13-7-3-8-14-39(48)44-35(41(50)46(37)26-30)25-40(49)45-19-9-4-10-20-45/h2,5-7,11-13,15,18,22,24,28,30-31,35-37H,3-4,8-10,14,16-17,19-21,23,25-26H2,1H3,(H,44,48). The number of rotatable bonds is 8. The Labute approximate surface area is 327 Å². The zero-order chi connectivity index (χ0) is 39.0. The van der Waals surface area contributed by atoms with Crippen LogP contribution in [0.5, 0.6) is 11.5 Å². The normalized spacial score (nSPS) is 26.2. The van der Waals surface area contributed by atoms with Gasteiger partial charge in [0.2, 0.25) is 27.7 Å². The van der Waals surface area contributed by atoms with Gasteiger partial charge in [-0.1, -0.05) is 42.5 Å². The highest BCUT2D eigenvalue weighted by molar-refractivity contribution is 7.90. The van der Waals surface area contributed by atoms with Gasteiger partial charge in [0.05, 0.1) is 42.6 Å². The number of hydrogen-bond donors (Lipinski definition) is 1. The Kier molecular flexibility index (Phi) is 10.7. The van der Waals surface area contributed by atoms with E-state index in [-0.39, 0.29) is 43.5 Å². The molecule has 5 unspecified atom stereocenters. The SMILES string of the molecule is COc1ccc2c(OC3CC4C(=O)N(S(=O)(=O)C5CC5)C5CC5C=CCCCC(=O)NC(CC(=O)N5CCCCC5)C(=O)N4C3)cc(-c3ccccc3)nc2c1. The smallest absolute Gasteiger partial charge is 0.259 e. The fourth-order valence-electron chi connectivity index (χ4n) is 8.29. The highest BCUT2D eigenvalue weighted by atomic mass is 32.2. The summed E-state index contributed by atoms with van der Waals surface area (Å²) < 4.78 is 41.4. The maximum absolute atomic E-state index is 14.9. The first-order valence-corrected chi connectivity index (χ1v) is 21.4. The number of aromatic nitrogens is 1. The molecule has 2 saturated carbocycles. The number of amides is 4. The van der Waals surface area contributed by atoms with Crippen molar-refractivity contribution in [2.24, 2.45) is 5.92 Å². The molecule has 2 aromatic carbocycles. The molecule has 0 spiro atoms. The molecule has 56 heavy (non-hydrogen) atoms. The molecule has 5 atom stereocenters. The Hall–Kier alpha value is -4.98. The monoisotopic (exact) mass is 783 g/mol. The first-order valence-electron chi connectivity index (χ1n) is 19.9. The number of ether oxygens (including phenoxy) is 2. The first-order chi connectivity index (χ1) is 27.1. The molecule has 2 saturated heterocycles. The fraction of sp³-hybridized carbons (Fsp3) is 0.500. The van der Waals surface area contributed by atoms with E-state index < -0.39 is 51.3 Å². The second-order valence-electron chi connectivity index (χ2n) is 15.7. The number of methoxy groups -OCH3 is 1. The molecule has 4 amide bonds. The number of carbonyl (C=O) groups is 4. The molecule has 4 heterocycles. The molecular formula is C42H49N5O8S. The summed E-state index contributed by atoms with van der Waals surface area (Å²) in [7, 11) is -2.42. The summed E-state index contributed by atoms with van der Waals surface area (Å²) in [6, 6.07) is 13.9. The minimum Gasteiger partial charge on any atom is -0.497 e. The Bertz CT molecular complexity index is 2130. The van der Waals surface area contributed by atoms with Crippen molar-refractivity contribution in [3.63, 3.8) is 0 Å². The van der Waals surface area contributed by atoms with Gasteiger partial charge in [-0.3, -0.25) is 19.2 Å². The van der Waals surface area contributed by atoms with E-state index in [2.05, 4.69) is 5.32 Å². The average molecular weight is 784 g/mol. The van der Waals surface area contributed by atoms with E-state index in [4.69, 9.17) is 14.5 Å². The number of benzene rings is 2. The summed E-state index contributed by atoms with van der Waals surface area (Å²) in [5.41, 5.74) is 2.13. The Morgan fingerprint density at radius 3 is 2.48 bits per heavy atom. The molecule has 0 bridgehead atoms. The van der Waals surface area contributed by atoms with Crippen LogP contribution < -0.4 is 14.8 Å². The van der Waals surface area contributed by atoms with Gasteiger partial charge in [-0.25, -0.2) is 17.7 Å². The number of fused-ring (bicyclic) bond motifs is 3. The summed E-state index contributed by atoms with van der Waals surface area (Å²) in [5, 5.41) is 2.89. The quantitative estimate of drug-likeness (QED) is 0.323. The molecule has 0 radical (unpaired) electrons. The predicted molar refractivity (Wildman–Crippen MR) is 209 cm³/mol. The summed E-state index contributed by atoms with van der Waals surface area (Å²) in [5.74, 6) is -0.936. The van der Waals surface area contributed by atoms with E-state index >= 15 is 0 Å². The molecule has 1 N–H and O–H groups in total. The summed E-state index contributed by atoms with van der Waals surface area (Å²) in [4.78, 5) is 64.6. The third kappa shape index (κ3) is 7.98. The molecule has 13 nitrogen and oxygen atoms in total. The van der Waals surface area contributed by atoms with Crippen molar-refractivity contribution in [1.82, 2.24) is 24.4 Å². The van der Waals surface area contributed by atoms with Crippen molar-refractivity contribution in [1.29, 1.82) is 0 Å². The van der Waals surface area contributed by atoms with Crippen molar-refractivity contribution in [2.45, 2.75) is 100 Å². The number of hydrogen-bond acceptors (Lipinski definition) is 9. The molecule has 14 heteroatoms. The average Bonchev–Trinajstić information content (AvgIpc) is 4.15. The van der Waals surface area contributed by atoms with Gasteiger partial charge >= 0.3 is 0 Å². The van der Waals surface area contributed by atoms with Crippen molar-refractivity contribution in [3.05, 3.63) is 66.7 Å². The van der Waals surface area contributed by atoms with E-state index in [9.17, 15) is 27.6 Å². The zero-order valence-electron chi connectivity index (χ0n) is 31.7. The predicted octanol–water partition coefficient (Wildman–Crippen LogP) is 4.60. The third-order valence-electron chi connectivity index (χ3n) is 11.6. The van der Waals surface area contributed by atoms with Crippen molar-refractivity contribution >= 4 is 44.6 Å². The minimum absolute atomic E-state index is 0.00979. The highest BCUT2D eigenvalue weighted by Gasteiger charge is 2.56. The summed E-state index contributed by atoms with van der Waals surface area (Å²) in [6.07, 6.45) is 8.35. The number of nitrogens with zero attached hydrogens (tertiary/aromatic N) is 4. The lowest BCUT2D eigenvalue weighted by Crippen LogP contribution is -2.56. The topological polar surface area (TPSA) is 156 Å². The number of pyridine rings is 1. The number of carbonyl (C=O) groups excluding carboxylic acids is 4.